The number of carboxylic acid groups (broad SMARTS) is 1. The molecule has 0 aromatic heterocycles. The molecule has 0 aromatic carbocycles. The van der Waals surface area contributed by atoms with Crippen LogP contribution in [0.2, 0.25) is 0 Å². The Balaban J connectivity index is 4.48. The van der Waals surface area contributed by atoms with Crippen LogP contribution in [-0.2, 0) is 9.53 Å². The molecule has 0 radical (unpaired) electrons. The van der Waals surface area contributed by atoms with Gasteiger partial charge in [-0.25, -0.2) is 4.79 Å². The smallest absolute Gasteiger partial charge is 0.323 e. The van der Waals surface area contributed by atoms with Crippen molar-refractivity contribution < 1.29 is 19.4 Å². The molecule has 0 spiro atoms. The Morgan fingerprint density at radius 3 is 2.24 bits per heavy atom. The maximum Gasteiger partial charge on any atom is 0.323 e. The fourth-order valence-electron chi connectivity index (χ4n) is 1.47. The summed E-state index contributed by atoms with van der Waals surface area (Å²) in [5.41, 5.74) is 0. The average Bonchev–Trinajstić information content (AvgIpc) is 2.28. The number of hydrogen-bond acceptors (Lipinski definition) is 3. The van der Waals surface area contributed by atoms with Gasteiger partial charge in [0, 0.05) is 26.7 Å². The molecule has 0 atom stereocenters. The number of nitrogens with zero attached hydrogens (tertiary/aromatic N) is 2. The third-order valence-electron chi connectivity index (χ3n) is 2.31. The van der Waals surface area contributed by atoms with E-state index in [4.69, 9.17) is 9.84 Å². The molecule has 1 N–H and O–H groups in total. The Morgan fingerprint density at radius 2 is 1.82 bits per heavy atom. The second-order valence-electron chi connectivity index (χ2n) is 3.67. The van der Waals surface area contributed by atoms with Crippen LogP contribution in [0.15, 0.2) is 0 Å². The highest BCUT2D eigenvalue weighted by Crippen LogP contribution is 2.01. The maximum absolute atomic E-state index is 12.0. The summed E-state index contributed by atoms with van der Waals surface area (Å²) in [5, 5.41) is 8.75. The van der Waals surface area contributed by atoms with Gasteiger partial charge in [-0.05, 0) is 13.3 Å². The second kappa shape index (κ2) is 8.81. The van der Waals surface area contributed by atoms with Crippen molar-refractivity contribution in [3.8, 4) is 0 Å². The third-order valence-corrected chi connectivity index (χ3v) is 2.31. The predicted molar refractivity (Wildman–Crippen MR) is 64.0 cm³/mol. The number of carbonyl (C=O) groups is 2. The molecule has 100 valence electrons. The first kappa shape index (κ1) is 15.7. The topological polar surface area (TPSA) is 70.1 Å². The molecule has 6 heteroatoms. The van der Waals surface area contributed by atoms with Gasteiger partial charge in [0.1, 0.15) is 6.54 Å². The van der Waals surface area contributed by atoms with Crippen LogP contribution in [0.3, 0.4) is 0 Å². The minimum absolute atomic E-state index is 0.242. The van der Waals surface area contributed by atoms with Crippen LogP contribution in [0.5, 0.6) is 0 Å². The van der Waals surface area contributed by atoms with Crippen LogP contribution >= 0.6 is 0 Å². The van der Waals surface area contributed by atoms with Crippen LogP contribution in [0.25, 0.3) is 0 Å². The van der Waals surface area contributed by atoms with Crippen LogP contribution in [0.1, 0.15) is 20.3 Å². The standard InChI is InChI=1S/C11H22N2O4/c1-4-6-13(9-10(14)15)11(16)12(5-2)7-8-17-3/h4-9H2,1-3H3,(H,14,15). The van der Waals surface area contributed by atoms with Crippen molar-refractivity contribution in [2.75, 3.05) is 39.9 Å². The normalized spacial score (nSPS) is 10.1. The second-order valence-corrected chi connectivity index (χ2v) is 3.67. The fourth-order valence-corrected chi connectivity index (χ4v) is 1.47. The van der Waals surface area contributed by atoms with Crippen molar-refractivity contribution in [3.63, 3.8) is 0 Å². The number of methoxy groups -OCH3 is 1. The molecule has 0 aromatic rings. The van der Waals surface area contributed by atoms with Gasteiger partial charge < -0.3 is 19.6 Å². The van der Waals surface area contributed by atoms with Crippen molar-refractivity contribution >= 4 is 12.0 Å². The van der Waals surface area contributed by atoms with Gasteiger partial charge in [-0.3, -0.25) is 4.79 Å². The third kappa shape index (κ3) is 6.11. The van der Waals surface area contributed by atoms with E-state index in [2.05, 4.69) is 0 Å². The van der Waals surface area contributed by atoms with Gasteiger partial charge in [0.15, 0.2) is 0 Å². The zero-order chi connectivity index (χ0) is 13.3. The average molecular weight is 246 g/mol. The Morgan fingerprint density at radius 1 is 1.18 bits per heavy atom. The van der Waals surface area contributed by atoms with Crippen LogP contribution < -0.4 is 0 Å². The highest BCUT2D eigenvalue weighted by atomic mass is 16.5. The number of carbonyl (C=O) groups excluding carboxylic acids is 1. The number of hydrogen-bond donors (Lipinski definition) is 1. The number of rotatable bonds is 8. The Bertz CT molecular complexity index is 246. The van der Waals surface area contributed by atoms with Gasteiger partial charge in [0.2, 0.25) is 0 Å². The van der Waals surface area contributed by atoms with E-state index in [0.29, 0.717) is 26.2 Å². The SMILES string of the molecule is CCCN(CC(=O)O)C(=O)N(CC)CCOC. The number of likely N-dealkylation sites (N-methyl/N-ethyl adjacent to an activating group) is 1. The quantitative estimate of drug-likeness (QED) is 0.690. The predicted octanol–water partition coefficient (Wildman–Crippen LogP) is 0.871. The molecule has 0 heterocycles. The minimum atomic E-state index is -0.991. The first-order chi connectivity index (χ1) is 8.06. The molecule has 2 amide bonds. The molecule has 0 aliphatic rings. The van der Waals surface area contributed by atoms with Crippen molar-refractivity contribution in [3.05, 3.63) is 0 Å². The lowest BCUT2D eigenvalue weighted by Gasteiger charge is -2.28. The van der Waals surface area contributed by atoms with E-state index in [1.54, 1.807) is 12.0 Å². The summed E-state index contributed by atoms with van der Waals surface area (Å²) in [6.07, 6.45) is 0.737. The van der Waals surface area contributed by atoms with E-state index >= 15 is 0 Å². The fraction of sp³-hybridized carbons (Fsp3) is 0.818. The number of urea groups is 1. The van der Waals surface area contributed by atoms with Gasteiger partial charge in [0.05, 0.1) is 6.61 Å². The highest BCUT2D eigenvalue weighted by Gasteiger charge is 2.20. The van der Waals surface area contributed by atoms with Gasteiger partial charge >= 0.3 is 12.0 Å². The number of aliphatic carboxylic acids is 1. The van der Waals surface area contributed by atoms with E-state index < -0.39 is 5.97 Å². The molecule has 17 heavy (non-hydrogen) atoms. The summed E-state index contributed by atoms with van der Waals surface area (Å²) >= 11 is 0. The molecule has 6 nitrogen and oxygen atoms in total. The molecule has 0 rings (SSSR count). The lowest BCUT2D eigenvalue weighted by molar-refractivity contribution is -0.137. The number of carboxylic acids is 1. The molecule has 0 aliphatic carbocycles. The monoisotopic (exact) mass is 246 g/mol. The minimum Gasteiger partial charge on any atom is -0.480 e. The van der Waals surface area contributed by atoms with E-state index in [1.807, 2.05) is 13.8 Å². The molecule has 0 aliphatic heterocycles. The molecule has 0 saturated heterocycles. The first-order valence-electron chi connectivity index (χ1n) is 5.81. The summed E-state index contributed by atoms with van der Waals surface area (Å²) in [6.45, 7) is 5.44. The number of ether oxygens (including phenoxy) is 1. The largest absolute Gasteiger partial charge is 0.480 e. The van der Waals surface area contributed by atoms with Gasteiger partial charge in [-0.1, -0.05) is 6.92 Å². The maximum atomic E-state index is 12.0. The van der Waals surface area contributed by atoms with Crippen molar-refractivity contribution in [1.82, 2.24) is 9.80 Å². The van der Waals surface area contributed by atoms with E-state index in [1.165, 1.54) is 4.90 Å². The van der Waals surface area contributed by atoms with Crippen molar-refractivity contribution in [2.24, 2.45) is 0 Å². The Labute approximate surface area is 102 Å². The molecular weight excluding hydrogens is 224 g/mol. The summed E-state index contributed by atoms with van der Waals surface area (Å²) in [5.74, 6) is -0.991. The van der Waals surface area contributed by atoms with Crippen LogP contribution in [-0.4, -0.2) is 66.8 Å². The van der Waals surface area contributed by atoms with Gasteiger partial charge in [-0.15, -0.1) is 0 Å². The molecule has 0 saturated carbocycles. The summed E-state index contributed by atoms with van der Waals surface area (Å²) in [6, 6.07) is -0.242. The summed E-state index contributed by atoms with van der Waals surface area (Å²) in [7, 11) is 1.57. The zero-order valence-electron chi connectivity index (χ0n) is 10.8. The molecule has 0 fully saturated rings. The molecule has 0 unspecified atom stereocenters. The van der Waals surface area contributed by atoms with Crippen LogP contribution in [0.4, 0.5) is 4.79 Å². The van der Waals surface area contributed by atoms with Gasteiger partial charge in [-0.2, -0.15) is 0 Å². The lowest BCUT2D eigenvalue weighted by atomic mass is 10.4. The van der Waals surface area contributed by atoms with E-state index in [9.17, 15) is 9.59 Å². The first-order valence-corrected chi connectivity index (χ1v) is 5.81. The van der Waals surface area contributed by atoms with E-state index in [0.717, 1.165) is 6.42 Å². The zero-order valence-corrected chi connectivity index (χ0v) is 10.8. The summed E-state index contributed by atoms with van der Waals surface area (Å²) in [4.78, 5) is 25.6. The van der Waals surface area contributed by atoms with Crippen molar-refractivity contribution in [1.29, 1.82) is 0 Å². The van der Waals surface area contributed by atoms with Crippen molar-refractivity contribution in [2.45, 2.75) is 20.3 Å². The molecule has 0 bridgehead atoms. The Hall–Kier alpha value is -1.30. The Kier molecular flexibility index (Phi) is 8.13. The van der Waals surface area contributed by atoms with E-state index in [-0.39, 0.29) is 12.6 Å². The van der Waals surface area contributed by atoms with Crippen LogP contribution in [0, 0.1) is 0 Å². The highest BCUT2D eigenvalue weighted by molar-refractivity contribution is 5.80. The lowest BCUT2D eigenvalue weighted by Crippen LogP contribution is -2.46. The summed E-state index contributed by atoms with van der Waals surface area (Å²) < 4.78 is 4.92. The van der Waals surface area contributed by atoms with Gasteiger partial charge in [0.25, 0.3) is 0 Å². The molecular formula is C11H22N2O4. The number of amides is 2.